The molecule has 154 valence electrons. The molecule has 1 atom stereocenters. The minimum atomic E-state index is -0.532. The molecule has 0 bridgehead atoms. The van der Waals surface area contributed by atoms with Crippen LogP contribution in [0.2, 0.25) is 0 Å². The van der Waals surface area contributed by atoms with Crippen LogP contribution >= 0.6 is 0 Å². The van der Waals surface area contributed by atoms with Crippen LogP contribution in [0.4, 0.5) is 5.69 Å². The molecule has 0 aliphatic carbocycles. The molecule has 1 heterocycles. The summed E-state index contributed by atoms with van der Waals surface area (Å²) in [6.45, 7) is 0.465. The number of carbonyl (C=O) groups excluding carboxylic acids is 1. The molecule has 3 aromatic rings. The lowest BCUT2D eigenvalue weighted by Gasteiger charge is -2.31. The minimum absolute atomic E-state index is 0.318. The lowest BCUT2D eigenvalue weighted by atomic mass is 10.1. The highest BCUT2D eigenvalue weighted by atomic mass is 16.6. The second kappa shape index (κ2) is 8.37. The molecule has 1 aliphatic heterocycles. The molecular formula is C24H23NO5. The Morgan fingerprint density at radius 2 is 1.50 bits per heavy atom. The largest absolute Gasteiger partial charge is 0.493 e. The molecule has 0 radical (unpaired) electrons. The van der Waals surface area contributed by atoms with Crippen molar-refractivity contribution in [2.24, 2.45) is 0 Å². The Kier molecular flexibility index (Phi) is 5.48. The Labute approximate surface area is 175 Å². The van der Waals surface area contributed by atoms with Crippen LogP contribution in [0.3, 0.4) is 0 Å². The highest BCUT2D eigenvalue weighted by Crippen LogP contribution is 2.41. The number of carbonyl (C=O) groups is 1. The van der Waals surface area contributed by atoms with E-state index in [1.165, 1.54) is 0 Å². The predicted molar refractivity (Wildman–Crippen MR) is 113 cm³/mol. The number of ether oxygens (including phenoxy) is 4. The average Bonchev–Trinajstić information content (AvgIpc) is 3.13. The fourth-order valence-corrected chi connectivity index (χ4v) is 3.71. The summed E-state index contributed by atoms with van der Waals surface area (Å²) >= 11 is 0. The van der Waals surface area contributed by atoms with Crippen LogP contribution in [-0.4, -0.2) is 27.3 Å². The smallest absolute Gasteiger partial charge is 0.340 e. The number of anilines is 1. The maximum atomic E-state index is 12.4. The minimum Gasteiger partial charge on any atom is -0.493 e. The molecule has 3 aromatic carbocycles. The Morgan fingerprint density at radius 1 is 0.867 bits per heavy atom. The summed E-state index contributed by atoms with van der Waals surface area (Å²) in [6.07, 6.45) is -0.532. The molecule has 0 N–H and O–H groups in total. The molecule has 30 heavy (non-hydrogen) atoms. The van der Waals surface area contributed by atoms with E-state index in [-0.39, 0.29) is 5.97 Å². The summed E-state index contributed by atoms with van der Waals surface area (Å²) in [5, 5.41) is 0. The highest BCUT2D eigenvalue weighted by molar-refractivity contribution is 5.94. The molecule has 6 heteroatoms. The number of benzene rings is 3. The van der Waals surface area contributed by atoms with Crippen LogP contribution in [0.1, 0.15) is 27.7 Å². The maximum absolute atomic E-state index is 12.4. The van der Waals surface area contributed by atoms with Gasteiger partial charge in [-0.1, -0.05) is 36.4 Å². The van der Waals surface area contributed by atoms with Crippen molar-refractivity contribution < 1.29 is 23.7 Å². The molecule has 0 spiro atoms. The van der Waals surface area contributed by atoms with Gasteiger partial charge >= 0.3 is 5.97 Å². The SMILES string of the molecule is COc1cc(CN(c2ccccc2)C2OC(=O)c3ccccc32)cc(OC)c1OC. The van der Waals surface area contributed by atoms with Gasteiger partial charge in [-0.2, -0.15) is 0 Å². The van der Waals surface area contributed by atoms with E-state index in [2.05, 4.69) is 0 Å². The zero-order valence-corrected chi connectivity index (χ0v) is 17.1. The predicted octanol–water partition coefficient (Wildman–Crippen LogP) is 4.59. The number of fused-ring (bicyclic) bond motifs is 1. The highest BCUT2D eigenvalue weighted by Gasteiger charge is 2.35. The lowest BCUT2D eigenvalue weighted by molar-refractivity contribution is 0.0374. The van der Waals surface area contributed by atoms with Gasteiger partial charge in [-0.3, -0.25) is 0 Å². The third-order valence-corrected chi connectivity index (χ3v) is 5.11. The number of rotatable bonds is 7. The summed E-state index contributed by atoms with van der Waals surface area (Å²) < 4.78 is 22.2. The molecule has 0 amide bonds. The Balaban J connectivity index is 1.77. The molecule has 0 fully saturated rings. The van der Waals surface area contributed by atoms with Gasteiger partial charge in [0.05, 0.1) is 26.9 Å². The van der Waals surface area contributed by atoms with Crippen LogP contribution in [-0.2, 0) is 11.3 Å². The molecule has 0 saturated carbocycles. The molecular weight excluding hydrogens is 382 g/mol. The van der Waals surface area contributed by atoms with E-state index >= 15 is 0 Å². The fourth-order valence-electron chi connectivity index (χ4n) is 3.71. The van der Waals surface area contributed by atoms with Crippen LogP contribution < -0.4 is 19.1 Å². The van der Waals surface area contributed by atoms with Crippen LogP contribution in [0.25, 0.3) is 0 Å². The lowest BCUT2D eigenvalue weighted by Crippen LogP contribution is -2.28. The van der Waals surface area contributed by atoms with Crippen molar-refractivity contribution in [1.82, 2.24) is 0 Å². The van der Waals surface area contributed by atoms with Crippen molar-refractivity contribution >= 4 is 11.7 Å². The van der Waals surface area contributed by atoms with Gasteiger partial charge in [0.1, 0.15) is 0 Å². The second-order valence-electron chi connectivity index (χ2n) is 6.84. The monoisotopic (exact) mass is 405 g/mol. The van der Waals surface area contributed by atoms with E-state index in [4.69, 9.17) is 18.9 Å². The number of hydrogen-bond donors (Lipinski definition) is 0. The molecule has 4 rings (SSSR count). The van der Waals surface area contributed by atoms with E-state index in [1.807, 2.05) is 65.6 Å². The van der Waals surface area contributed by atoms with E-state index in [1.54, 1.807) is 27.4 Å². The standard InChI is InChI=1S/C24H23NO5/c1-27-20-13-16(14-21(28-2)22(20)29-3)15-25(17-9-5-4-6-10-17)23-18-11-7-8-12-19(18)24(26)30-23/h4-14,23H,15H2,1-3H3. The molecule has 0 aromatic heterocycles. The third kappa shape index (κ3) is 3.52. The van der Waals surface area contributed by atoms with Crippen molar-refractivity contribution in [1.29, 1.82) is 0 Å². The quantitative estimate of drug-likeness (QED) is 0.536. The van der Waals surface area contributed by atoms with E-state index < -0.39 is 6.23 Å². The molecule has 6 nitrogen and oxygen atoms in total. The summed E-state index contributed by atoms with van der Waals surface area (Å²) in [6, 6.07) is 21.1. The summed E-state index contributed by atoms with van der Waals surface area (Å²) in [7, 11) is 4.75. The second-order valence-corrected chi connectivity index (χ2v) is 6.84. The van der Waals surface area contributed by atoms with E-state index in [0.29, 0.717) is 29.4 Å². The van der Waals surface area contributed by atoms with Gasteiger partial charge in [0, 0.05) is 17.8 Å². The van der Waals surface area contributed by atoms with Gasteiger partial charge in [-0.05, 0) is 35.9 Å². The fraction of sp³-hybridized carbons (Fsp3) is 0.208. The van der Waals surface area contributed by atoms with Crippen molar-refractivity contribution in [3.8, 4) is 17.2 Å². The van der Waals surface area contributed by atoms with E-state index in [0.717, 1.165) is 16.8 Å². The maximum Gasteiger partial charge on any atom is 0.340 e. The van der Waals surface area contributed by atoms with Crippen molar-refractivity contribution in [3.63, 3.8) is 0 Å². The van der Waals surface area contributed by atoms with Gasteiger partial charge in [0.25, 0.3) is 0 Å². The summed E-state index contributed by atoms with van der Waals surface area (Å²) in [5.41, 5.74) is 3.29. The number of nitrogens with zero attached hydrogens (tertiary/aromatic N) is 1. The van der Waals surface area contributed by atoms with Gasteiger partial charge in [0.2, 0.25) is 12.0 Å². The number of hydrogen-bond acceptors (Lipinski definition) is 6. The molecule has 0 saturated heterocycles. The zero-order valence-electron chi connectivity index (χ0n) is 17.1. The topological polar surface area (TPSA) is 57.2 Å². The number of para-hydroxylation sites is 1. The third-order valence-electron chi connectivity index (χ3n) is 5.11. The first-order valence-corrected chi connectivity index (χ1v) is 9.56. The van der Waals surface area contributed by atoms with Crippen LogP contribution in [0, 0.1) is 0 Å². The van der Waals surface area contributed by atoms with Gasteiger partial charge in [-0.15, -0.1) is 0 Å². The first kappa shape index (κ1) is 19.6. The Morgan fingerprint density at radius 3 is 2.13 bits per heavy atom. The Hall–Kier alpha value is -3.67. The molecule has 1 unspecified atom stereocenters. The summed E-state index contributed by atoms with van der Waals surface area (Å²) in [4.78, 5) is 14.5. The van der Waals surface area contributed by atoms with Crippen LogP contribution in [0.5, 0.6) is 17.2 Å². The number of cyclic esters (lactones) is 1. The van der Waals surface area contributed by atoms with Gasteiger partial charge < -0.3 is 23.8 Å². The normalized spacial score (nSPS) is 14.6. The first-order chi connectivity index (χ1) is 14.7. The number of methoxy groups -OCH3 is 3. The average molecular weight is 405 g/mol. The van der Waals surface area contributed by atoms with Gasteiger partial charge in [0.15, 0.2) is 11.5 Å². The van der Waals surface area contributed by atoms with Crippen LogP contribution in [0.15, 0.2) is 66.7 Å². The number of esters is 1. The molecule has 1 aliphatic rings. The van der Waals surface area contributed by atoms with E-state index in [9.17, 15) is 4.79 Å². The van der Waals surface area contributed by atoms with Gasteiger partial charge in [-0.25, -0.2) is 4.79 Å². The van der Waals surface area contributed by atoms with Crippen molar-refractivity contribution in [2.75, 3.05) is 26.2 Å². The summed E-state index contributed by atoms with van der Waals surface area (Å²) in [5.74, 6) is 1.36. The zero-order chi connectivity index (χ0) is 21.1. The Bertz CT molecular complexity index is 1030. The first-order valence-electron chi connectivity index (χ1n) is 9.56. The van der Waals surface area contributed by atoms with Crippen molar-refractivity contribution in [3.05, 3.63) is 83.4 Å². The van der Waals surface area contributed by atoms with Crippen molar-refractivity contribution in [2.45, 2.75) is 12.8 Å².